The molecule has 1 fully saturated rings. The summed E-state index contributed by atoms with van der Waals surface area (Å²) in [5.74, 6) is 1.32. The van der Waals surface area contributed by atoms with Gasteiger partial charge in [-0.25, -0.2) is 0 Å². The molecule has 0 radical (unpaired) electrons. The standard InChI is InChI=1S/C11H17N3O4/c1-15-8-6-18-5-7(8)12-11-13-9(16-2)4-10(14-11)17-3/h4,7-8H,5-6H2,1-3H3,(H,12,13,14)/t7-,8-/m0/s1. The van der Waals surface area contributed by atoms with Gasteiger partial charge in [-0.05, 0) is 0 Å². The minimum absolute atomic E-state index is 0.00852. The Morgan fingerprint density at radius 3 is 2.39 bits per heavy atom. The van der Waals surface area contributed by atoms with Crippen molar-refractivity contribution in [3.05, 3.63) is 6.07 Å². The third-order valence-electron chi connectivity index (χ3n) is 2.74. The second-order valence-electron chi connectivity index (χ2n) is 3.84. The Balaban J connectivity index is 2.12. The fourth-order valence-corrected chi connectivity index (χ4v) is 1.75. The molecule has 0 spiro atoms. The molecule has 1 saturated heterocycles. The van der Waals surface area contributed by atoms with Crippen molar-refractivity contribution in [2.45, 2.75) is 12.1 Å². The zero-order chi connectivity index (χ0) is 13.0. The number of hydrogen-bond acceptors (Lipinski definition) is 7. The highest BCUT2D eigenvalue weighted by molar-refractivity contribution is 5.35. The average molecular weight is 255 g/mol. The van der Waals surface area contributed by atoms with Crippen LogP contribution in [0.5, 0.6) is 11.8 Å². The summed E-state index contributed by atoms with van der Waals surface area (Å²) >= 11 is 0. The average Bonchev–Trinajstić information content (AvgIpc) is 2.85. The molecule has 0 aliphatic carbocycles. The smallest absolute Gasteiger partial charge is 0.229 e. The molecule has 0 saturated carbocycles. The summed E-state index contributed by atoms with van der Waals surface area (Å²) in [5, 5.41) is 3.16. The summed E-state index contributed by atoms with van der Waals surface area (Å²) < 4.78 is 20.8. The molecule has 0 aromatic carbocycles. The SMILES string of the molecule is COc1cc(OC)nc(N[C@H]2COC[C@@H]2OC)n1. The molecule has 2 atom stereocenters. The lowest BCUT2D eigenvalue weighted by Gasteiger charge is -2.17. The first-order valence-electron chi connectivity index (χ1n) is 5.61. The molecule has 1 aromatic rings. The van der Waals surface area contributed by atoms with E-state index in [1.165, 1.54) is 0 Å². The van der Waals surface area contributed by atoms with Gasteiger partial charge in [0.15, 0.2) is 0 Å². The van der Waals surface area contributed by atoms with Crippen LogP contribution in [0, 0.1) is 0 Å². The van der Waals surface area contributed by atoms with Crippen LogP contribution in [-0.4, -0.2) is 56.7 Å². The molecule has 1 aliphatic rings. The topological polar surface area (TPSA) is 74.7 Å². The number of nitrogens with one attached hydrogen (secondary N) is 1. The molecule has 7 nitrogen and oxygen atoms in total. The summed E-state index contributed by atoms with van der Waals surface area (Å²) in [6, 6.07) is 1.64. The summed E-state index contributed by atoms with van der Waals surface area (Å²) in [6.45, 7) is 1.12. The van der Waals surface area contributed by atoms with E-state index in [9.17, 15) is 0 Å². The lowest BCUT2D eigenvalue weighted by Crippen LogP contribution is -2.34. The highest BCUT2D eigenvalue weighted by Gasteiger charge is 2.28. The van der Waals surface area contributed by atoms with Gasteiger partial charge in [-0.2, -0.15) is 9.97 Å². The van der Waals surface area contributed by atoms with Crippen LogP contribution in [0.25, 0.3) is 0 Å². The van der Waals surface area contributed by atoms with Crippen LogP contribution in [0.3, 0.4) is 0 Å². The van der Waals surface area contributed by atoms with E-state index in [1.54, 1.807) is 27.4 Å². The van der Waals surface area contributed by atoms with Crippen molar-refractivity contribution in [1.82, 2.24) is 9.97 Å². The molecule has 7 heteroatoms. The largest absolute Gasteiger partial charge is 0.481 e. The third kappa shape index (κ3) is 2.80. The van der Waals surface area contributed by atoms with E-state index in [-0.39, 0.29) is 12.1 Å². The van der Waals surface area contributed by atoms with Crippen LogP contribution in [-0.2, 0) is 9.47 Å². The zero-order valence-corrected chi connectivity index (χ0v) is 10.7. The van der Waals surface area contributed by atoms with E-state index in [1.807, 2.05) is 0 Å². The van der Waals surface area contributed by atoms with Gasteiger partial charge in [0.2, 0.25) is 17.7 Å². The van der Waals surface area contributed by atoms with E-state index < -0.39 is 0 Å². The number of ether oxygens (including phenoxy) is 4. The molecule has 0 amide bonds. The Hall–Kier alpha value is -1.60. The van der Waals surface area contributed by atoms with Gasteiger partial charge in [0.1, 0.15) is 6.10 Å². The van der Waals surface area contributed by atoms with Crippen LogP contribution in [0.15, 0.2) is 6.07 Å². The first-order chi connectivity index (χ1) is 8.76. The Morgan fingerprint density at radius 2 is 1.83 bits per heavy atom. The van der Waals surface area contributed by atoms with Gasteiger partial charge in [0.05, 0.1) is 39.5 Å². The number of rotatable bonds is 5. The second-order valence-corrected chi connectivity index (χ2v) is 3.84. The van der Waals surface area contributed by atoms with Crippen LogP contribution in [0.2, 0.25) is 0 Å². The molecule has 18 heavy (non-hydrogen) atoms. The Morgan fingerprint density at radius 1 is 1.17 bits per heavy atom. The molecule has 1 N–H and O–H groups in total. The molecule has 2 rings (SSSR count). The van der Waals surface area contributed by atoms with Crippen molar-refractivity contribution in [3.8, 4) is 11.8 Å². The Bertz CT molecular complexity index is 380. The van der Waals surface area contributed by atoms with Crippen molar-refractivity contribution < 1.29 is 18.9 Å². The van der Waals surface area contributed by atoms with Gasteiger partial charge in [-0.3, -0.25) is 0 Å². The van der Waals surface area contributed by atoms with Crippen LogP contribution in [0.4, 0.5) is 5.95 Å². The monoisotopic (exact) mass is 255 g/mol. The number of methoxy groups -OCH3 is 3. The lowest BCUT2D eigenvalue weighted by molar-refractivity contribution is 0.0794. The van der Waals surface area contributed by atoms with Crippen LogP contribution >= 0.6 is 0 Å². The molecule has 100 valence electrons. The van der Waals surface area contributed by atoms with Gasteiger partial charge < -0.3 is 24.3 Å². The summed E-state index contributed by atoms with van der Waals surface area (Å²) in [7, 11) is 4.74. The summed E-state index contributed by atoms with van der Waals surface area (Å²) in [4.78, 5) is 8.39. The van der Waals surface area contributed by atoms with E-state index in [0.717, 1.165) is 0 Å². The maximum Gasteiger partial charge on any atom is 0.229 e. The molecular weight excluding hydrogens is 238 g/mol. The summed E-state index contributed by atoms with van der Waals surface area (Å²) in [6.07, 6.45) is -0.00852. The highest BCUT2D eigenvalue weighted by atomic mass is 16.5. The fraction of sp³-hybridized carbons (Fsp3) is 0.636. The summed E-state index contributed by atoms with van der Waals surface area (Å²) in [5.41, 5.74) is 0. The zero-order valence-electron chi connectivity index (χ0n) is 10.7. The predicted octanol–water partition coefficient (Wildman–Crippen LogP) is 0.319. The maximum absolute atomic E-state index is 5.34. The molecule has 1 aliphatic heterocycles. The van der Waals surface area contributed by atoms with Gasteiger partial charge in [-0.15, -0.1) is 0 Å². The first-order valence-corrected chi connectivity index (χ1v) is 5.61. The Kier molecular flexibility index (Phi) is 4.16. The van der Waals surface area contributed by atoms with E-state index >= 15 is 0 Å². The number of anilines is 1. The van der Waals surface area contributed by atoms with Gasteiger partial charge in [0.25, 0.3) is 0 Å². The lowest BCUT2D eigenvalue weighted by atomic mass is 10.2. The minimum atomic E-state index is -0.00852. The maximum atomic E-state index is 5.34. The minimum Gasteiger partial charge on any atom is -0.481 e. The van der Waals surface area contributed by atoms with Crippen molar-refractivity contribution in [3.63, 3.8) is 0 Å². The van der Waals surface area contributed by atoms with E-state index in [2.05, 4.69) is 15.3 Å². The molecule has 1 aromatic heterocycles. The van der Waals surface area contributed by atoms with Crippen LogP contribution < -0.4 is 14.8 Å². The van der Waals surface area contributed by atoms with Crippen molar-refractivity contribution in [2.75, 3.05) is 39.9 Å². The van der Waals surface area contributed by atoms with Crippen molar-refractivity contribution in [1.29, 1.82) is 0 Å². The first kappa shape index (κ1) is 12.8. The van der Waals surface area contributed by atoms with Crippen LogP contribution in [0.1, 0.15) is 0 Å². The van der Waals surface area contributed by atoms with E-state index in [4.69, 9.17) is 18.9 Å². The normalized spacial score (nSPS) is 22.8. The number of aromatic nitrogens is 2. The van der Waals surface area contributed by atoms with Crippen molar-refractivity contribution in [2.24, 2.45) is 0 Å². The fourth-order valence-electron chi connectivity index (χ4n) is 1.75. The number of nitrogens with zero attached hydrogens (tertiary/aromatic N) is 2. The third-order valence-corrected chi connectivity index (χ3v) is 2.74. The van der Waals surface area contributed by atoms with E-state index in [0.29, 0.717) is 30.9 Å². The Labute approximate surface area is 105 Å². The van der Waals surface area contributed by atoms with Crippen molar-refractivity contribution >= 4 is 5.95 Å². The molecular formula is C11H17N3O4. The van der Waals surface area contributed by atoms with Gasteiger partial charge in [-0.1, -0.05) is 0 Å². The van der Waals surface area contributed by atoms with Gasteiger partial charge in [0, 0.05) is 7.11 Å². The predicted molar refractivity (Wildman–Crippen MR) is 64.2 cm³/mol. The quantitative estimate of drug-likeness (QED) is 0.812. The molecule has 0 unspecified atom stereocenters. The number of hydrogen-bond donors (Lipinski definition) is 1. The second kappa shape index (κ2) is 5.83. The van der Waals surface area contributed by atoms with Gasteiger partial charge >= 0.3 is 0 Å². The molecule has 2 heterocycles. The molecule has 0 bridgehead atoms. The highest BCUT2D eigenvalue weighted by Crippen LogP contribution is 2.20.